The van der Waals surface area contributed by atoms with E-state index in [-0.39, 0.29) is 18.6 Å². The lowest BCUT2D eigenvalue weighted by Gasteiger charge is -2.16. The fraction of sp³-hybridized carbons (Fsp3) is 0.526. The molecule has 0 radical (unpaired) electrons. The van der Waals surface area contributed by atoms with Crippen molar-refractivity contribution in [3.05, 3.63) is 41.0 Å². The number of carbonyl (C=O) groups excluding carboxylic acids is 1. The Morgan fingerprint density at radius 3 is 2.92 bits per heavy atom. The Hall–Kier alpha value is -2.37. The van der Waals surface area contributed by atoms with Gasteiger partial charge in [0.15, 0.2) is 12.4 Å². The van der Waals surface area contributed by atoms with Crippen LogP contribution in [0.25, 0.3) is 0 Å². The molecule has 2 aromatic rings. The van der Waals surface area contributed by atoms with E-state index in [9.17, 15) is 4.79 Å². The number of aromatic nitrogens is 3. The monoisotopic (exact) mass is 342 g/mol. The average Bonchev–Trinajstić information content (AvgIpc) is 2.83. The topological polar surface area (TPSA) is 69.0 Å². The van der Waals surface area contributed by atoms with Crippen molar-refractivity contribution in [3.63, 3.8) is 0 Å². The van der Waals surface area contributed by atoms with Crippen LogP contribution in [0.4, 0.5) is 0 Å². The number of ether oxygens (including phenoxy) is 1. The predicted molar refractivity (Wildman–Crippen MR) is 95.5 cm³/mol. The average molecular weight is 342 g/mol. The zero-order valence-electron chi connectivity index (χ0n) is 15.2. The first-order valence-electron chi connectivity index (χ1n) is 8.96. The number of hydrogen-bond donors (Lipinski definition) is 1. The summed E-state index contributed by atoms with van der Waals surface area (Å²) in [6.07, 6.45) is 4.47. The highest BCUT2D eigenvalue weighted by atomic mass is 16.5. The van der Waals surface area contributed by atoms with Gasteiger partial charge in [-0.3, -0.25) is 4.79 Å². The molecule has 1 unspecified atom stereocenters. The smallest absolute Gasteiger partial charge is 0.258 e. The van der Waals surface area contributed by atoms with E-state index in [1.54, 1.807) is 0 Å². The Kier molecular flexibility index (Phi) is 5.36. The first-order chi connectivity index (χ1) is 12.0. The molecule has 1 atom stereocenters. The summed E-state index contributed by atoms with van der Waals surface area (Å²) >= 11 is 0. The lowest BCUT2D eigenvalue weighted by Crippen LogP contribution is -2.32. The second-order valence-electron chi connectivity index (χ2n) is 6.78. The Balaban J connectivity index is 1.58. The van der Waals surface area contributed by atoms with E-state index in [0.717, 1.165) is 48.8 Å². The van der Waals surface area contributed by atoms with Crippen LogP contribution < -0.4 is 10.1 Å². The van der Waals surface area contributed by atoms with E-state index < -0.39 is 0 Å². The molecule has 6 nitrogen and oxygen atoms in total. The van der Waals surface area contributed by atoms with Gasteiger partial charge in [-0.15, -0.1) is 10.2 Å². The van der Waals surface area contributed by atoms with Gasteiger partial charge in [-0.1, -0.05) is 24.1 Å². The van der Waals surface area contributed by atoms with Crippen LogP contribution in [0.3, 0.4) is 0 Å². The van der Waals surface area contributed by atoms with Gasteiger partial charge in [0.25, 0.3) is 5.91 Å². The SMILES string of the molecule is Cc1ccc(OCC(=O)NC(C)c2nnc3n2CCCCC3)c(C)c1. The van der Waals surface area contributed by atoms with E-state index in [4.69, 9.17) is 4.74 Å². The van der Waals surface area contributed by atoms with E-state index >= 15 is 0 Å². The van der Waals surface area contributed by atoms with Crippen LogP contribution in [-0.4, -0.2) is 27.3 Å². The molecule has 1 amide bonds. The van der Waals surface area contributed by atoms with Crippen LogP contribution in [0.2, 0.25) is 0 Å². The van der Waals surface area contributed by atoms with Crippen LogP contribution in [0.1, 0.15) is 55.0 Å². The first-order valence-corrected chi connectivity index (χ1v) is 8.96. The summed E-state index contributed by atoms with van der Waals surface area (Å²) in [6, 6.07) is 5.74. The van der Waals surface area contributed by atoms with Crippen LogP contribution in [0.5, 0.6) is 5.75 Å². The molecule has 0 saturated heterocycles. The fourth-order valence-corrected chi connectivity index (χ4v) is 3.28. The molecule has 0 bridgehead atoms. The summed E-state index contributed by atoms with van der Waals surface area (Å²) in [7, 11) is 0. The lowest BCUT2D eigenvalue weighted by molar-refractivity contribution is -0.123. The molecule has 6 heteroatoms. The molecule has 0 fully saturated rings. The Morgan fingerprint density at radius 2 is 2.12 bits per heavy atom. The summed E-state index contributed by atoms with van der Waals surface area (Å²) in [6.45, 7) is 6.88. The van der Waals surface area contributed by atoms with Crippen molar-refractivity contribution in [3.8, 4) is 5.75 Å². The minimum absolute atomic E-state index is 0.00473. The van der Waals surface area contributed by atoms with Gasteiger partial charge >= 0.3 is 0 Å². The second kappa shape index (κ2) is 7.68. The number of benzene rings is 1. The molecule has 1 N–H and O–H groups in total. The maximum atomic E-state index is 12.2. The normalized spacial score (nSPS) is 15.2. The highest BCUT2D eigenvalue weighted by molar-refractivity contribution is 5.77. The van der Waals surface area contributed by atoms with Crippen molar-refractivity contribution in [1.82, 2.24) is 20.1 Å². The maximum Gasteiger partial charge on any atom is 0.258 e. The Labute approximate surface area is 148 Å². The van der Waals surface area contributed by atoms with Crippen LogP contribution in [-0.2, 0) is 17.8 Å². The molecule has 0 saturated carbocycles. The zero-order valence-corrected chi connectivity index (χ0v) is 15.2. The van der Waals surface area contributed by atoms with Crippen molar-refractivity contribution in [2.45, 2.75) is 59.0 Å². The number of rotatable bonds is 5. The lowest BCUT2D eigenvalue weighted by atomic mass is 10.1. The van der Waals surface area contributed by atoms with E-state index in [0.29, 0.717) is 0 Å². The molecular weight excluding hydrogens is 316 g/mol. The quantitative estimate of drug-likeness (QED) is 0.907. The van der Waals surface area contributed by atoms with Crippen molar-refractivity contribution in [1.29, 1.82) is 0 Å². The van der Waals surface area contributed by atoms with E-state index in [1.807, 2.05) is 39.0 Å². The molecule has 1 aliphatic heterocycles. The molecule has 1 aromatic heterocycles. The highest BCUT2D eigenvalue weighted by Gasteiger charge is 2.20. The molecular formula is C19H26N4O2. The highest BCUT2D eigenvalue weighted by Crippen LogP contribution is 2.20. The fourth-order valence-electron chi connectivity index (χ4n) is 3.28. The van der Waals surface area contributed by atoms with Gasteiger partial charge in [0.1, 0.15) is 11.6 Å². The summed E-state index contributed by atoms with van der Waals surface area (Å²) in [5.74, 6) is 2.44. The molecule has 2 heterocycles. The van der Waals surface area contributed by atoms with Gasteiger partial charge in [-0.25, -0.2) is 0 Å². The third-order valence-corrected chi connectivity index (χ3v) is 4.59. The van der Waals surface area contributed by atoms with E-state index in [2.05, 4.69) is 20.1 Å². The van der Waals surface area contributed by atoms with Crippen LogP contribution in [0.15, 0.2) is 18.2 Å². The molecule has 0 aliphatic carbocycles. The number of hydrogen-bond acceptors (Lipinski definition) is 4. The van der Waals surface area contributed by atoms with Crippen molar-refractivity contribution < 1.29 is 9.53 Å². The minimum atomic E-state index is -0.186. The summed E-state index contributed by atoms with van der Waals surface area (Å²) in [5, 5.41) is 11.5. The summed E-state index contributed by atoms with van der Waals surface area (Å²) in [4.78, 5) is 12.2. The van der Waals surface area contributed by atoms with Gasteiger partial charge in [0.05, 0.1) is 6.04 Å². The first kappa shape index (κ1) is 17.5. The van der Waals surface area contributed by atoms with Crippen molar-refractivity contribution >= 4 is 5.91 Å². The number of carbonyl (C=O) groups is 1. The third kappa shape index (κ3) is 4.18. The molecule has 3 rings (SSSR count). The zero-order chi connectivity index (χ0) is 17.8. The van der Waals surface area contributed by atoms with Gasteiger partial charge in [0.2, 0.25) is 0 Å². The van der Waals surface area contributed by atoms with E-state index in [1.165, 1.54) is 12.0 Å². The minimum Gasteiger partial charge on any atom is -0.484 e. The molecule has 25 heavy (non-hydrogen) atoms. The summed E-state index contributed by atoms with van der Waals surface area (Å²) < 4.78 is 7.81. The number of fused-ring (bicyclic) bond motifs is 1. The van der Waals surface area contributed by atoms with Gasteiger partial charge in [-0.05, 0) is 45.2 Å². The largest absolute Gasteiger partial charge is 0.484 e. The molecule has 134 valence electrons. The number of nitrogens with one attached hydrogen (secondary N) is 1. The Morgan fingerprint density at radius 1 is 1.28 bits per heavy atom. The number of nitrogens with zero attached hydrogens (tertiary/aromatic N) is 3. The van der Waals surface area contributed by atoms with Gasteiger partial charge < -0.3 is 14.6 Å². The third-order valence-electron chi connectivity index (χ3n) is 4.59. The van der Waals surface area contributed by atoms with Crippen LogP contribution >= 0.6 is 0 Å². The maximum absolute atomic E-state index is 12.2. The van der Waals surface area contributed by atoms with Gasteiger partial charge in [-0.2, -0.15) is 0 Å². The van der Waals surface area contributed by atoms with Crippen LogP contribution in [0, 0.1) is 13.8 Å². The second-order valence-corrected chi connectivity index (χ2v) is 6.78. The number of amides is 1. The number of aryl methyl sites for hydroxylation is 3. The molecule has 1 aliphatic rings. The summed E-state index contributed by atoms with van der Waals surface area (Å²) in [5.41, 5.74) is 2.21. The van der Waals surface area contributed by atoms with Crippen molar-refractivity contribution in [2.75, 3.05) is 6.61 Å². The predicted octanol–water partition coefficient (Wildman–Crippen LogP) is 2.88. The standard InChI is InChI=1S/C19H26N4O2/c1-13-8-9-16(14(2)11-13)25-12-18(24)20-15(3)19-22-21-17-7-5-4-6-10-23(17)19/h8-9,11,15H,4-7,10,12H2,1-3H3,(H,20,24). The molecule has 0 spiro atoms. The van der Waals surface area contributed by atoms with Crippen molar-refractivity contribution in [2.24, 2.45) is 0 Å². The Bertz CT molecular complexity index is 754. The molecule has 1 aromatic carbocycles. The van der Waals surface area contributed by atoms with Gasteiger partial charge in [0, 0.05) is 13.0 Å².